The molecule has 94 valence electrons. The van der Waals surface area contributed by atoms with Crippen LogP contribution in [0.15, 0.2) is 0 Å². The molecule has 3 rings (SSSR count). The van der Waals surface area contributed by atoms with Crippen LogP contribution in [0.1, 0.15) is 44.3 Å². The van der Waals surface area contributed by atoms with Gasteiger partial charge in [0, 0.05) is 18.5 Å². The Labute approximate surface area is 107 Å². The Hall–Kier alpha value is -0.680. The first-order valence-corrected chi connectivity index (χ1v) is 7.05. The minimum absolute atomic E-state index is 0.569. The summed E-state index contributed by atoms with van der Waals surface area (Å²) < 4.78 is 3.01. The van der Waals surface area contributed by atoms with Gasteiger partial charge in [-0.15, -0.1) is 0 Å². The highest BCUT2D eigenvalue weighted by Gasteiger charge is 2.30. The van der Waals surface area contributed by atoms with Crippen LogP contribution in [0.2, 0.25) is 0 Å². The van der Waals surface area contributed by atoms with Crippen LogP contribution in [0.3, 0.4) is 0 Å². The van der Waals surface area contributed by atoms with E-state index in [0.29, 0.717) is 12.0 Å². The van der Waals surface area contributed by atoms with Gasteiger partial charge in [0.25, 0.3) is 0 Å². The predicted molar refractivity (Wildman–Crippen MR) is 69.7 cm³/mol. The van der Waals surface area contributed by atoms with E-state index in [2.05, 4.69) is 26.6 Å². The van der Waals surface area contributed by atoms with Crippen molar-refractivity contribution in [3.63, 3.8) is 0 Å². The first kappa shape index (κ1) is 11.4. The van der Waals surface area contributed by atoms with E-state index in [1.165, 1.54) is 44.6 Å². The second-order valence-corrected chi connectivity index (χ2v) is 5.75. The summed E-state index contributed by atoms with van der Waals surface area (Å²) in [5.74, 6) is 1.84. The van der Waals surface area contributed by atoms with Crippen molar-refractivity contribution in [3.05, 3.63) is 10.6 Å². The Bertz CT molecular complexity index is 440. The van der Waals surface area contributed by atoms with E-state index in [9.17, 15) is 0 Å². The van der Waals surface area contributed by atoms with Gasteiger partial charge >= 0.3 is 0 Å². The van der Waals surface area contributed by atoms with Crippen LogP contribution in [0.5, 0.6) is 0 Å². The molecular formula is C12H20N4S. The summed E-state index contributed by atoms with van der Waals surface area (Å²) in [4.78, 5) is 2.56. The zero-order chi connectivity index (χ0) is 11.8. The lowest BCUT2D eigenvalue weighted by atomic mass is 10.3. The number of likely N-dealkylation sites (tertiary alicyclic amines) is 1. The fraction of sp³-hybridized carbons (Fsp3) is 0.833. The maximum absolute atomic E-state index is 5.34. The molecule has 1 aromatic rings. The van der Waals surface area contributed by atoms with E-state index >= 15 is 0 Å². The topological polar surface area (TPSA) is 36.9 Å². The van der Waals surface area contributed by atoms with Crippen LogP contribution >= 0.6 is 12.2 Å². The highest BCUT2D eigenvalue weighted by molar-refractivity contribution is 7.71. The van der Waals surface area contributed by atoms with Gasteiger partial charge in [-0.3, -0.25) is 10.00 Å². The SMILES string of the molecule is CC(Cn1c(C2CC2)n[nH]c1=S)N1CCCC1. The van der Waals surface area contributed by atoms with E-state index in [1.807, 2.05) is 0 Å². The predicted octanol–water partition coefficient (Wildman–Crippen LogP) is 2.30. The molecule has 2 aliphatic rings. The smallest absolute Gasteiger partial charge is 0.195 e. The molecule has 0 bridgehead atoms. The minimum atomic E-state index is 0.569. The molecule has 1 unspecified atom stereocenters. The Balaban J connectivity index is 1.74. The van der Waals surface area contributed by atoms with Gasteiger partial charge in [-0.05, 0) is 57.9 Å². The Kier molecular flexibility index (Phi) is 3.04. The van der Waals surface area contributed by atoms with Crippen LogP contribution in [0, 0.1) is 4.77 Å². The van der Waals surface area contributed by atoms with Gasteiger partial charge in [0.2, 0.25) is 0 Å². The molecule has 2 heterocycles. The van der Waals surface area contributed by atoms with Crippen molar-refractivity contribution in [2.45, 2.75) is 51.1 Å². The summed E-state index contributed by atoms with van der Waals surface area (Å²) in [5.41, 5.74) is 0. The number of hydrogen-bond donors (Lipinski definition) is 1. The molecule has 1 aliphatic carbocycles. The number of H-pyrrole nitrogens is 1. The lowest BCUT2D eigenvalue weighted by molar-refractivity contribution is 0.233. The average Bonchev–Trinajstić information content (AvgIpc) is 2.89. The molecule has 17 heavy (non-hydrogen) atoms. The zero-order valence-corrected chi connectivity index (χ0v) is 11.2. The lowest BCUT2D eigenvalue weighted by Crippen LogP contribution is -2.34. The molecule has 0 amide bonds. The second kappa shape index (κ2) is 4.53. The average molecular weight is 252 g/mol. The third kappa shape index (κ3) is 2.31. The molecule has 4 nitrogen and oxygen atoms in total. The molecule has 0 radical (unpaired) electrons. The molecule has 1 saturated carbocycles. The fourth-order valence-electron chi connectivity index (χ4n) is 2.72. The largest absolute Gasteiger partial charge is 0.302 e. The first-order valence-electron chi connectivity index (χ1n) is 6.65. The highest BCUT2D eigenvalue weighted by Crippen LogP contribution is 2.39. The summed E-state index contributed by atoms with van der Waals surface area (Å²) >= 11 is 5.34. The molecule has 1 saturated heterocycles. The van der Waals surface area contributed by atoms with Crippen molar-refractivity contribution < 1.29 is 0 Å². The summed E-state index contributed by atoms with van der Waals surface area (Å²) in [5, 5.41) is 7.34. The maximum atomic E-state index is 5.34. The quantitative estimate of drug-likeness (QED) is 0.835. The Morgan fingerprint density at radius 3 is 2.76 bits per heavy atom. The molecule has 1 atom stereocenters. The van der Waals surface area contributed by atoms with Crippen LogP contribution in [0.25, 0.3) is 0 Å². The third-order valence-electron chi connectivity index (χ3n) is 3.94. The number of nitrogens with one attached hydrogen (secondary N) is 1. The Morgan fingerprint density at radius 1 is 1.41 bits per heavy atom. The van der Waals surface area contributed by atoms with Crippen molar-refractivity contribution in [1.82, 2.24) is 19.7 Å². The standard InChI is InChI=1S/C12H20N4S/c1-9(15-6-2-3-7-15)8-16-11(10-4-5-10)13-14-12(16)17/h9-10H,2-8H2,1H3,(H,14,17). The lowest BCUT2D eigenvalue weighted by Gasteiger charge is -2.24. The van der Waals surface area contributed by atoms with Gasteiger partial charge in [-0.25, -0.2) is 0 Å². The molecule has 2 fully saturated rings. The molecule has 5 heteroatoms. The van der Waals surface area contributed by atoms with Gasteiger partial charge in [0.05, 0.1) is 0 Å². The number of nitrogens with zero attached hydrogens (tertiary/aromatic N) is 3. The van der Waals surface area contributed by atoms with Crippen LogP contribution in [0.4, 0.5) is 0 Å². The number of aromatic nitrogens is 3. The van der Waals surface area contributed by atoms with Gasteiger partial charge in [-0.1, -0.05) is 0 Å². The van der Waals surface area contributed by atoms with E-state index < -0.39 is 0 Å². The van der Waals surface area contributed by atoms with E-state index in [1.54, 1.807) is 0 Å². The number of hydrogen-bond acceptors (Lipinski definition) is 3. The minimum Gasteiger partial charge on any atom is -0.302 e. The molecule has 0 aromatic carbocycles. The van der Waals surface area contributed by atoms with Crippen molar-refractivity contribution >= 4 is 12.2 Å². The zero-order valence-electron chi connectivity index (χ0n) is 10.4. The summed E-state index contributed by atoms with van der Waals surface area (Å²) in [6, 6.07) is 0.569. The monoisotopic (exact) mass is 252 g/mol. The highest BCUT2D eigenvalue weighted by atomic mass is 32.1. The Morgan fingerprint density at radius 2 is 2.12 bits per heavy atom. The van der Waals surface area contributed by atoms with Crippen LogP contribution < -0.4 is 0 Å². The molecular weight excluding hydrogens is 232 g/mol. The van der Waals surface area contributed by atoms with Crippen LogP contribution in [-0.4, -0.2) is 38.8 Å². The maximum Gasteiger partial charge on any atom is 0.195 e. The summed E-state index contributed by atoms with van der Waals surface area (Å²) in [7, 11) is 0. The van der Waals surface area contributed by atoms with Crippen LogP contribution in [-0.2, 0) is 6.54 Å². The third-order valence-corrected chi connectivity index (χ3v) is 4.25. The van der Waals surface area contributed by atoms with Crippen molar-refractivity contribution in [1.29, 1.82) is 0 Å². The normalized spacial score (nSPS) is 23.1. The molecule has 0 spiro atoms. The van der Waals surface area contributed by atoms with E-state index in [4.69, 9.17) is 12.2 Å². The summed E-state index contributed by atoms with van der Waals surface area (Å²) in [6.07, 6.45) is 5.24. The number of rotatable bonds is 4. The number of aromatic amines is 1. The molecule has 1 aromatic heterocycles. The van der Waals surface area contributed by atoms with Crippen molar-refractivity contribution in [3.8, 4) is 0 Å². The van der Waals surface area contributed by atoms with Gasteiger partial charge in [0.15, 0.2) is 4.77 Å². The van der Waals surface area contributed by atoms with Gasteiger partial charge in [-0.2, -0.15) is 5.10 Å². The van der Waals surface area contributed by atoms with Gasteiger partial charge < -0.3 is 4.57 Å². The van der Waals surface area contributed by atoms with E-state index in [0.717, 1.165) is 11.3 Å². The van der Waals surface area contributed by atoms with Crippen molar-refractivity contribution in [2.24, 2.45) is 0 Å². The molecule has 1 aliphatic heterocycles. The van der Waals surface area contributed by atoms with Gasteiger partial charge in [0.1, 0.15) is 5.82 Å². The molecule has 1 N–H and O–H groups in total. The van der Waals surface area contributed by atoms with Crippen molar-refractivity contribution in [2.75, 3.05) is 13.1 Å². The summed E-state index contributed by atoms with van der Waals surface area (Å²) in [6.45, 7) is 5.77. The fourth-order valence-corrected chi connectivity index (χ4v) is 2.94. The van der Waals surface area contributed by atoms with E-state index in [-0.39, 0.29) is 0 Å². The first-order chi connectivity index (χ1) is 8.25. The second-order valence-electron chi connectivity index (χ2n) is 5.36.